The van der Waals surface area contributed by atoms with Crippen molar-refractivity contribution < 1.29 is 9.21 Å². The Kier molecular flexibility index (Phi) is 4.85. The zero-order chi connectivity index (χ0) is 17.8. The molecule has 0 atom stereocenters. The number of nitrogens with zero attached hydrogens (tertiary/aromatic N) is 2. The first-order valence-electron chi connectivity index (χ1n) is 7.45. The molecular formula is C17H15ClN4O3. The van der Waals surface area contributed by atoms with E-state index in [2.05, 4.69) is 10.4 Å². The van der Waals surface area contributed by atoms with Crippen molar-refractivity contribution in [2.45, 2.75) is 13.1 Å². The first-order valence-corrected chi connectivity index (χ1v) is 7.83. The standard InChI is InChI=1S/C17H15ClN4O3/c18-12-4-1-3-11(7-12)9-20-16(23)10-22-17(24)13(19)8-14(21-22)15-5-2-6-25-15/h1-8H,9-10,19H2,(H,20,23). The van der Waals surface area contributed by atoms with E-state index in [1.807, 2.05) is 6.07 Å². The van der Waals surface area contributed by atoms with Crippen molar-refractivity contribution in [2.75, 3.05) is 5.73 Å². The van der Waals surface area contributed by atoms with Gasteiger partial charge in [-0.3, -0.25) is 9.59 Å². The number of furan rings is 1. The number of aromatic nitrogens is 2. The summed E-state index contributed by atoms with van der Waals surface area (Å²) in [6.07, 6.45) is 1.49. The Morgan fingerprint density at radius 3 is 2.84 bits per heavy atom. The summed E-state index contributed by atoms with van der Waals surface area (Å²) in [6.45, 7) is 0.0413. The molecule has 7 nitrogen and oxygen atoms in total. The van der Waals surface area contributed by atoms with Crippen LogP contribution in [0.4, 0.5) is 5.69 Å². The highest BCUT2D eigenvalue weighted by molar-refractivity contribution is 6.30. The number of halogens is 1. The quantitative estimate of drug-likeness (QED) is 0.726. The molecule has 0 spiro atoms. The van der Waals surface area contributed by atoms with Crippen LogP contribution in [-0.4, -0.2) is 15.7 Å². The maximum Gasteiger partial charge on any atom is 0.290 e. The van der Waals surface area contributed by atoms with Crippen LogP contribution in [0.3, 0.4) is 0 Å². The highest BCUT2D eigenvalue weighted by Gasteiger charge is 2.12. The molecule has 0 radical (unpaired) electrons. The molecule has 3 N–H and O–H groups in total. The SMILES string of the molecule is Nc1cc(-c2ccco2)nn(CC(=O)NCc2cccc(Cl)c2)c1=O. The summed E-state index contributed by atoms with van der Waals surface area (Å²) in [5.41, 5.74) is 6.41. The van der Waals surface area contributed by atoms with Gasteiger partial charge >= 0.3 is 0 Å². The number of benzene rings is 1. The van der Waals surface area contributed by atoms with E-state index in [0.717, 1.165) is 10.2 Å². The van der Waals surface area contributed by atoms with Crippen LogP contribution in [0.15, 0.2) is 57.9 Å². The van der Waals surface area contributed by atoms with E-state index in [-0.39, 0.29) is 18.1 Å². The minimum atomic E-state index is -0.534. The molecule has 3 rings (SSSR count). The predicted molar refractivity (Wildman–Crippen MR) is 93.9 cm³/mol. The monoisotopic (exact) mass is 358 g/mol. The van der Waals surface area contributed by atoms with Gasteiger partial charge in [-0.1, -0.05) is 23.7 Å². The highest BCUT2D eigenvalue weighted by atomic mass is 35.5. The summed E-state index contributed by atoms with van der Waals surface area (Å²) in [6, 6.07) is 11.9. The van der Waals surface area contributed by atoms with Crippen LogP contribution in [0.1, 0.15) is 5.56 Å². The molecule has 0 saturated carbocycles. The van der Waals surface area contributed by atoms with Gasteiger partial charge in [-0.15, -0.1) is 0 Å². The van der Waals surface area contributed by atoms with Crippen molar-refractivity contribution in [2.24, 2.45) is 0 Å². The number of nitrogen functional groups attached to an aromatic ring is 1. The molecule has 0 aliphatic carbocycles. The van der Waals surface area contributed by atoms with Gasteiger partial charge < -0.3 is 15.5 Å². The van der Waals surface area contributed by atoms with Crippen LogP contribution in [0.5, 0.6) is 0 Å². The lowest BCUT2D eigenvalue weighted by molar-refractivity contribution is -0.122. The fourth-order valence-electron chi connectivity index (χ4n) is 2.25. The minimum absolute atomic E-state index is 0.0101. The molecule has 0 saturated heterocycles. The number of nitrogens with one attached hydrogen (secondary N) is 1. The van der Waals surface area contributed by atoms with Crippen molar-refractivity contribution in [3.8, 4) is 11.5 Å². The Morgan fingerprint density at radius 2 is 2.12 bits per heavy atom. The van der Waals surface area contributed by atoms with E-state index in [1.165, 1.54) is 12.3 Å². The number of nitrogens with two attached hydrogens (primary N) is 1. The molecule has 0 bridgehead atoms. The summed E-state index contributed by atoms with van der Waals surface area (Å²) in [5, 5.41) is 7.43. The van der Waals surface area contributed by atoms with Crippen LogP contribution in [0.25, 0.3) is 11.5 Å². The van der Waals surface area contributed by atoms with E-state index in [4.69, 9.17) is 21.8 Å². The minimum Gasteiger partial charge on any atom is -0.463 e. The number of amides is 1. The Bertz CT molecular complexity index is 951. The lowest BCUT2D eigenvalue weighted by Gasteiger charge is -2.09. The van der Waals surface area contributed by atoms with Gasteiger partial charge in [-0.05, 0) is 35.9 Å². The molecule has 1 amide bonds. The molecular weight excluding hydrogens is 344 g/mol. The molecule has 0 fully saturated rings. The molecule has 2 aromatic heterocycles. The number of carbonyl (C=O) groups is 1. The van der Waals surface area contributed by atoms with Gasteiger partial charge in [0.15, 0.2) is 5.76 Å². The van der Waals surface area contributed by atoms with Gasteiger partial charge in [0.1, 0.15) is 17.9 Å². The first-order chi connectivity index (χ1) is 12.0. The summed E-state index contributed by atoms with van der Waals surface area (Å²) in [4.78, 5) is 24.2. The molecule has 2 heterocycles. The molecule has 3 aromatic rings. The second-order valence-electron chi connectivity index (χ2n) is 5.33. The van der Waals surface area contributed by atoms with Gasteiger partial charge in [-0.2, -0.15) is 5.10 Å². The Labute approximate surface area is 148 Å². The maximum absolute atomic E-state index is 12.1. The first kappa shape index (κ1) is 16.8. The average Bonchev–Trinajstić information content (AvgIpc) is 3.11. The van der Waals surface area contributed by atoms with E-state index in [9.17, 15) is 9.59 Å². The van der Waals surface area contributed by atoms with Crippen molar-refractivity contribution in [3.05, 3.63) is 69.7 Å². The largest absolute Gasteiger partial charge is 0.463 e. The fourth-order valence-corrected chi connectivity index (χ4v) is 2.47. The van der Waals surface area contributed by atoms with Crippen molar-refractivity contribution >= 4 is 23.2 Å². The normalized spacial score (nSPS) is 10.6. The Balaban J connectivity index is 1.73. The third-order valence-corrected chi connectivity index (χ3v) is 3.68. The van der Waals surface area contributed by atoms with Crippen LogP contribution in [0, 0.1) is 0 Å². The van der Waals surface area contributed by atoms with Gasteiger partial charge in [0.2, 0.25) is 5.91 Å². The van der Waals surface area contributed by atoms with Crippen molar-refractivity contribution in [3.63, 3.8) is 0 Å². The van der Waals surface area contributed by atoms with Gasteiger partial charge in [0.05, 0.1) is 6.26 Å². The molecule has 25 heavy (non-hydrogen) atoms. The second kappa shape index (κ2) is 7.23. The van der Waals surface area contributed by atoms with E-state index < -0.39 is 5.56 Å². The summed E-state index contributed by atoms with van der Waals surface area (Å²) >= 11 is 5.90. The fraction of sp³-hybridized carbons (Fsp3) is 0.118. The number of anilines is 1. The van der Waals surface area contributed by atoms with Crippen molar-refractivity contribution in [1.82, 2.24) is 15.1 Å². The lowest BCUT2D eigenvalue weighted by Crippen LogP contribution is -2.34. The Morgan fingerprint density at radius 1 is 1.28 bits per heavy atom. The van der Waals surface area contributed by atoms with E-state index >= 15 is 0 Å². The molecule has 0 aliphatic heterocycles. The summed E-state index contributed by atoms with van der Waals surface area (Å²) in [7, 11) is 0. The third-order valence-electron chi connectivity index (χ3n) is 3.45. The van der Waals surface area contributed by atoms with Crippen LogP contribution in [-0.2, 0) is 17.9 Å². The second-order valence-corrected chi connectivity index (χ2v) is 5.77. The average molecular weight is 359 g/mol. The van der Waals surface area contributed by atoms with Crippen LogP contribution < -0.4 is 16.6 Å². The lowest BCUT2D eigenvalue weighted by atomic mass is 10.2. The predicted octanol–water partition coefficient (Wildman–Crippen LogP) is 2.06. The Hall–Kier alpha value is -3.06. The van der Waals surface area contributed by atoms with Gasteiger partial charge in [0, 0.05) is 11.6 Å². The number of hydrogen-bond donors (Lipinski definition) is 2. The van der Waals surface area contributed by atoms with Crippen LogP contribution in [0.2, 0.25) is 5.02 Å². The van der Waals surface area contributed by atoms with Gasteiger partial charge in [-0.25, -0.2) is 4.68 Å². The van der Waals surface area contributed by atoms with E-state index in [1.54, 1.807) is 30.3 Å². The molecule has 128 valence electrons. The number of hydrogen-bond acceptors (Lipinski definition) is 5. The molecule has 1 aromatic carbocycles. The zero-order valence-corrected chi connectivity index (χ0v) is 13.9. The zero-order valence-electron chi connectivity index (χ0n) is 13.1. The molecule has 0 aliphatic rings. The van der Waals surface area contributed by atoms with Gasteiger partial charge in [0.25, 0.3) is 5.56 Å². The van der Waals surface area contributed by atoms with Crippen molar-refractivity contribution in [1.29, 1.82) is 0 Å². The highest BCUT2D eigenvalue weighted by Crippen LogP contribution is 2.17. The number of rotatable bonds is 5. The third kappa shape index (κ3) is 4.07. The number of carbonyl (C=O) groups excluding carboxylic acids is 1. The smallest absolute Gasteiger partial charge is 0.290 e. The molecule has 8 heteroatoms. The maximum atomic E-state index is 12.1. The molecule has 0 unspecified atom stereocenters. The van der Waals surface area contributed by atoms with E-state index in [0.29, 0.717) is 23.0 Å². The summed E-state index contributed by atoms with van der Waals surface area (Å²) in [5.74, 6) is 0.0883. The summed E-state index contributed by atoms with van der Waals surface area (Å²) < 4.78 is 6.26. The topological polar surface area (TPSA) is 103 Å². The van der Waals surface area contributed by atoms with Crippen LogP contribution >= 0.6 is 11.6 Å².